The van der Waals surface area contributed by atoms with Crippen molar-refractivity contribution >= 4 is 12.0 Å². The van der Waals surface area contributed by atoms with E-state index in [1.165, 1.54) is 0 Å². The highest BCUT2D eigenvalue weighted by atomic mass is 16.5. The zero-order valence-electron chi connectivity index (χ0n) is 14.4. The van der Waals surface area contributed by atoms with Gasteiger partial charge in [-0.3, -0.25) is 4.79 Å². The predicted molar refractivity (Wildman–Crippen MR) is 96.9 cm³/mol. The predicted octanol–water partition coefficient (Wildman–Crippen LogP) is 3.57. The lowest BCUT2D eigenvalue weighted by Gasteiger charge is -2.19. The van der Waals surface area contributed by atoms with Crippen LogP contribution in [0.4, 0.5) is 4.79 Å². The Bertz CT molecular complexity index is 659. The molecular formula is C20H24N2O3. The molecule has 0 bridgehead atoms. The van der Waals surface area contributed by atoms with Gasteiger partial charge in [0.05, 0.1) is 6.61 Å². The third-order valence-corrected chi connectivity index (χ3v) is 3.70. The Morgan fingerprint density at radius 3 is 2.28 bits per heavy atom. The molecule has 25 heavy (non-hydrogen) atoms. The van der Waals surface area contributed by atoms with Crippen LogP contribution in [0.3, 0.4) is 0 Å². The van der Waals surface area contributed by atoms with Gasteiger partial charge in [-0.25, -0.2) is 4.79 Å². The summed E-state index contributed by atoms with van der Waals surface area (Å²) in [6.45, 7) is 2.76. The summed E-state index contributed by atoms with van der Waals surface area (Å²) in [5.41, 5.74) is 1.70. The van der Waals surface area contributed by atoms with E-state index in [2.05, 4.69) is 10.6 Å². The number of alkyl carbamates (subject to hydrolysis) is 1. The minimum Gasteiger partial charge on any atom is -0.450 e. The molecule has 0 aromatic heterocycles. The van der Waals surface area contributed by atoms with E-state index in [0.29, 0.717) is 18.7 Å². The fourth-order valence-electron chi connectivity index (χ4n) is 2.30. The number of nitrogens with one attached hydrogen (secondary N) is 2. The highest BCUT2D eigenvalue weighted by Crippen LogP contribution is 2.13. The van der Waals surface area contributed by atoms with Crippen LogP contribution >= 0.6 is 0 Å². The maximum absolute atomic E-state index is 12.6. The lowest BCUT2D eigenvalue weighted by atomic mass is 10.1. The fraction of sp³-hybridized carbons (Fsp3) is 0.300. The number of carbonyl (C=O) groups is 2. The van der Waals surface area contributed by atoms with E-state index in [1.54, 1.807) is 12.1 Å². The zero-order chi connectivity index (χ0) is 17.9. The van der Waals surface area contributed by atoms with Crippen molar-refractivity contribution in [2.24, 2.45) is 0 Å². The maximum Gasteiger partial charge on any atom is 0.408 e. The Morgan fingerprint density at radius 2 is 1.64 bits per heavy atom. The molecule has 0 spiro atoms. The summed E-state index contributed by atoms with van der Waals surface area (Å²) in [5.74, 6) is -0.275. The molecule has 0 fully saturated rings. The van der Waals surface area contributed by atoms with Crippen LogP contribution in [0.15, 0.2) is 60.7 Å². The number of amides is 2. The van der Waals surface area contributed by atoms with Gasteiger partial charge in [-0.15, -0.1) is 0 Å². The Morgan fingerprint density at radius 1 is 1.00 bits per heavy atom. The molecule has 0 aliphatic rings. The molecule has 5 nitrogen and oxygen atoms in total. The van der Waals surface area contributed by atoms with Crippen molar-refractivity contribution < 1.29 is 14.3 Å². The number of carbonyl (C=O) groups excluding carboxylic acids is 2. The summed E-state index contributed by atoms with van der Waals surface area (Å²) in [4.78, 5) is 24.6. The van der Waals surface area contributed by atoms with Crippen LogP contribution in [0.25, 0.3) is 0 Å². The average molecular weight is 340 g/mol. The smallest absolute Gasteiger partial charge is 0.408 e. The minimum atomic E-state index is -0.793. The molecule has 1 atom stereocenters. The first-order chi connectivity index (χ1) is 12.2. The van der Waals surface area contributed by atoms with Gasteiger partial charge in [-0.05, 0) is 17.5 Å². The van der Waals surface area contributed by atoms with Gasteiger partial charge in [0.15, 0.2) is 0 Å². The first kappa shape index (κ1) is 18.5. The molecule has 0 unspecified atom stereocenters. The number of rotatable bonds is 8. The van der Waals surface area contributed by atoms with Gasteiger partial charge in [0, 0.05) is 6.54 Å². The Balaban J connectivity index is 2.00. The summed E-state index contributed by atoms with van der Waals surface area (Å²) in [6, 6.07) is 18.0. The normalized spacial score (nSPS) is 11.4. The summed E-state index contributed by atoms with van der Waals surface area (Å²) in [6.07, 6.45) is 1.15. The second kappa shape index (κ2) is 10.1. The van der Waals surface area contributed by atoms with Crippen molar-refractivity contribution in [2.75, 3.05) is 6.61 Å². The molecule has 0 heterocycles. The van der Waals surface area contributed by atoms with E-state index in [-0.39, 0.29) is 5.91 Å². The second-order valence-corrected chi connectivity index (χ2v) is 5.68. The molecule has 0 aliphatic carbocycles. The largest absolute Gasteiger partial charge is 0.450 e. The topological polar surface area (TPSA) is 67.4 Å². The minimum absolute atomic E-state index is 0.275. The van der Waals surface area contributed by atoms with Crippen LogP contribution < -0.4 is 10.6 Å². The number of hydrogen-bond acceptors (Lipinski definition) is 3. The average Bonchev–Trinajstić information content (AvgIpc) is 2.66. The fourth-order valence-corrected chi connectivity index (χ4v) is 2.30. The monoisotopic (exact) mass is 340 g/mol. The Hall–Kier alpha value is -2.82. The highest BCUT2D eigenvalue weighted by molar-refractivity contribution is 5.86. The summed E-state index contributed by atoms with van der Waals surface area (Å²) < 4.78 is 5.12. The van der Waals surface area contributed by atoms with Crippen LogP contribution in [-0.2, 0) is 16.1 Å². The molecule has 2 amide bonds. The number of benzene rings is 2. The van der Waals surface area contributed by atoms with Crippen molar-refractivity contribution in [2.45, 2.75) is 32.4 Å². The third-order valence-electron chi connectivity index (χ3n) is 3.70. The molecule has 0 saturated heterocycles. The van der Waals surface area contributed by atoms with Gasteiger partial charge < -0.3 is 15.4 Å². The summed E-state index contributed by atoms with van der Waals surface area (Å²) in [7, 11) is 0. The van der Waals surface area contributed by atoms with Crippen LogP contribution in [0.2, 0.25) is 0 Å². The molecule has 132 valence electrons. The van der Waals surface area contributed by atoms with Crippen molar-refractivity contribution in [3.05, 3.63) is 71.8 Å². The number of ether oxygens (including phenoxy) is 1. The molecule has 0 radical (unpaired) electrons. The Labute approximate surface area is 148 Å². The van der Waals surface area contributed by atoms with Gasteiger partial charge in [-0.2, -0.15) is 0 Å². The molecular weight excluding hydrogens is 316 g/mol. The van der Waals surface area contributed by atoms with Crippen molar-refractivity contribution in [3.8, 4) is 0 Å². The lowest BCUT2D eigenvalue weighted by molar-refractivity contribution is -0.123. The van der Waals surface area contributed by atoms with Gasteiger partial charge in [0.25, 0.3) is 0 Å². The van der Waals surface area contributed by atoms with Crippen molar-refractivity contribution in [1.82, 2.24) is 10.6 Å². The standard InChI is InChI=1S/C20H24N2O3/c1-2-3-14-25-20(24)22-18(17-12-8-5-9-13-17)19(23)21-15-16-10-6-4-7-11-16/h4-13,18H,2-3,14-15H2,1H3,(H,21,23)(H,22,24)/t18-/m0/s1. The van der Waals surface area contributed by atoms with Gasteiger partial charge in [-0.1, -0.05) is 74.0 Å². The first-order valence-electron chi connectivity index (χ1n) is 8.50. The van der Waals surface area contributed by atoms with E-state index in [4.69, 9.17) is 4.74 Å². The molecule has 0 aliphatic heterocycles. The molecule has 2 N–H and O–H groups in total. The molecule has 2 aromatic carbocycles. The summed E-state index contributed by atoms with van der Waals surface area (Å²) >= 11 is 0. The first-order valence-corrected chi connectivity index (χ1v) is 8.50. The van der Waals surface area contributed by atoms with Crippen molar-refractivity contribution in [1.29, 1.82) is 0 Å². The second-order valence-electron chi connectivity index (χ2n) is 5.68. The summed E-state index contributed by atoms with van der Waals surface area (Å²) in [5, 5.41) is 5.52. The molecule has 0 saturated carbocycles. The number of unbranched alkanes of at least 4 members (excludes halogenated alkanes) is 1. The maximum atomic E-state index is 12.6. The molecule has 2 rings (SSSR count). The van der Waals surface area contributed by atoms with Crippen LogP contribution in [0.1, 0.15) is 36.9 Å². The highest BCUT2D eigenvalue weighted by Gasteiger charge is 2.23. The molecule has 5 heteroatoms. The van der Waals surface area contributed by atoms with Crippen LogP contribution in [0, 0.1) is 0 Å². The van der Waals surface area contributed by atoms with Gasteiger partial charge in [0.2, 0.25) is 5.91 Å². The van der Waals surface area contributed by atoms with Crippen LogP contribution in [-0.4, -0.2) is 18.6 Å². The quantitative estimate of drug-likeness (QED) is 0.722. The van der Waals surface area contributed by atoms with E-state index >= 15 is 0 Å². The van der Waals surface area contributed by atoms with E-state index in [9.17, 15) is 9.59 Å². The Kier molecular flexibility index (Phi) is 7.50. The van der Waals surface area contributed by atoms with E-state index in [0.717, 1.165) is 18.4 Å². The van der Waals surface area contributed by atoms with Gasteiger partial charge >= 0.3 is 6.09 Å². The van der Waals surface area contributed by atoms with Crippen molar-refractivity contribution in [3.63, 3.8) is 0 Å². The van der Waals surface area contributed by atoms with E-state index < -0.39 is 12.1 Å². The molecule has 2 aromatic rings. The third kappa shape index (κ3) is 6.30. The van der Waals surface area contributed by atoms with E-state index in [1.807, 2.05) is 55.5 Å². The van der Waals surface area contributed by atoms with Gasteiger partial charge in [0.1, 0.15) is 6.04 Å². The van der Waals surface area contributed by atoms with Crippen LogP contribution in [0.5, 0.6) is 0 Å². The SMILES string of the molecule is CCCCOC(=O)N[C@H](C(=O)NCc1ccccc1)c1ccccc1. The lowest BCUT2D eigenvalue weighted by Crippen LogP contribution is -2.40. The number of hydrogen-bond donors (Lipinski definition) is 2. The zero-order valence-corrected chi connectivity index (χ0v) is 14.4.